The third-order valence-corrected chi connectivity index (χ3v) is 6.68. The van der Waals surface area contributed by atoms with Gasteiger partial charge in [0.05, 0.1) is 12.1 Å². The smallest absolute Gasteiger partial charge is 0.0790 e. The number of fused-ring (bicyclic) bond motifs is 1. The standard InChI is InChI=1S/C27H32O3S/c1-2-3-4-5-6-7-11-26(28)22-15-14-21-13-12-20(16-24(21)17-22)19-31-25-10-8-9-23(18-25)27(29)30/h8-10,12-18,26,28H,2-7,11,19H2,1H3,(H,29,30)/p-1. The summed E-state index contributed by atoms with van der Waals surface area (Å²) in [6.45, 7) is 2.22. The summed E-state index contributed by atoms with van der Waals surface area (Å²) in [5.74, 6) is -0.406. The van der Waals surface area contributed by atoms with E-state index < -0.39 is 12.1 Å². The first-order valence-electron chi connectivity index (χ1n) is 11.2. The van der Waals surface area contributed by atoms with E-state index in [9.17, 15) is 15.0 Å². The van der Waals surface area contributed by atoms with Crippen LogP contribution < -0.4 is 5.11 Å². The maximum absolute atomic E-state index is 11.0. The van der Waals surface area contributed by atoms with Crippen molar-refractivity contribution >= 4 is 28.5 Å². The second kappa shape index (κ2) is 11.9. The summed E-state index contributed by atoms with van der Waals surface area (Å²) >= 11 is 1.60. The summed E-state index contributed by atoms with van der Waals surface area (Å²) in [5.41, 5.74) is 2.35. The SMILES string of the molecule is CCCCCCCCC(O)c1ccc2ccc(CSc3cccc(C(=O)[O-])c3)cc2c1. The summed E-state index contributed by atoms with van der Waals surface area (Å²) < 4.78 is 0. The zero-order valence-electron chi connectivity index (χ0n) is 18.2. The van der Waals surface area contributed by atoms with Gasteiger partial charge in [-0.15, -0.1) is 11.8 Å². The molecule has 1 N–H and O–H groups in total. The number of benzene rings is 3. The van der Waals surface area contributed by atoms with Crippen molar-refractivity contribution in [2.45, 2.75) is 68.6 Å². The van der Waals surface area contributed by atoms with Gasteiger partial charge in [0.15, 0.2) is 0 Å². The molecule has 31 heavy (non-hydrogen) atoms. The van der Waals surface area contributed by atoms with Crippen LogP contribution in [0.4, 0.5) is 0 Å². The number of carbonyl (C=O) groups is 1. The van der Waals surface area contributed by atoms with Gasteiger partial charge in [0, 0.05) is 10.6 Å². The molecule has 0 aliphatic heterocycles. The van der Waals surface area contributed by atoms with E-state index in [1.807, 2.05) is 12.1 Å². The Balaban J connectivity index is 1.60. The van der Waals surface area contributed by atoms with Crippen LogP contribution in [-0.4, -0.2) is 11.1 Å². The molecule has 0 aliphatic rings. The summed E-state index contributed by atoms with van der Waals surface area (Å²) in [6.07, 6.45) is 7.74. The third-order valence-electron chi connectivity index (χ3n) is 5.62. The lowest BCUT2D eigenvalue weighted by Gasteiger charge is -2.13. The van der Waals surface area contributed by atoms with Gasteiger partial charge in [0.25, 0.3) is 0 Å². The van der Waals surface area contributed by atoms with Crippen LogP contribution in [0.25, 0.3) is 10.8 Å². The topological polar surface area (TPSA) is 60.4 Å². The zero-order chi connectivity index (χ0) is 22.1. The fourth-order valence-electron chi connectivity index (χ4n) is 3.78. The Morgan fingerprint density at radius 2 is 1.71 bits per heavy atom. The lowest BCUT2D eigenvalue weighted by Crippen LogP contribution is -2.22. The van der Waals surface area contributed by atoms with E-state index in [0.29, 0.717) is 0 Å². The minimum atomic E-state index is -1.15. The average Bonchev–Trinajstić information content (AvgIpc) is 2.79. The number of aliphatic hydroxyl groups is 1. The fraction of sp³-hybridized carbons (Fsp3) is 0.370. The van der Waals surface area contributed by atoms with Crippen LogP contribution in [0.1, 0.15) is 79.5 Å². The first kappa shape index (κ1) is 23.4. The van der Waals surface area contributed by atoms with E-state index in [1.165, 1.54) is 37.7 Å². The number of aliphatic hydroxyl groups excluding tert-OH is 1. The number of carboxylic acids is 1. The monoisotopic (exact) mass is 435 g/mol. The van der Waals surface area contributed by atoms with Gasteiger partial charge in [-0.2, -0.15) is 0 Å². The molecule has 0 aliphatic carbocycles. The number of hydrogen-bond acceptors (Lipinski definition) is 4. The molecule has 0 radical (unpaired) electrons. The predicted octanol–water partition coefficient (Wildman–Crippen LogP) is 6.28. The summed E-state index contributed by atoms with van der Waals surface area (Å²) in [5, 5.41) is 23.9. The Labute approximate surface area is 189 Å². The lowest BCUT2D eigenvalue weighted by molar-refractivity contribution is -0.255. The molecule has 3 rings (SSSR count). The van der Waals surface area contributed by atoms with E-state index in [0.717, 1.165) is 39.8 Å². The molecular weight excluding hydrogens is 404 g/mol. The molecule has 0 aromatic heterocycles. The number of aromatic carboxylic acids is 1. The zero-order valence-corrected chi connectivity index (χ0v) is 19.0. The molecule has 0 spiro atoms. The second-order valence-corrected chi connectivity index (χ2v) is 9.17. The second-order valence-electron chi connectivity index (χ2n) is 8.12. The fourth-order valence-corrected chi connectivity index (χ4v) is 4.67. The molecule has 3 nitrogen and oxygen atoms in total. The molecular formula is C27H31O3S-. The molecule has 0 saturated carbocycles. The highest BCUT2D eigenvalue weighted by Crippen LogP contribution is 2.28. The molecule has 3 aromatic rings. The molecule has 0 heterocycles. The summed E-state index contributed by atoms with van der Waals surface area (Å²) in [6, 6.07) is 19.4. The molecule has 0 fully saturated rings. The summed E-state index contributed by atoms with van der Waals surface area (Å²) in [7, 11) is 0. The first-order valence-corrected chi connectivity index (χ1v) is 12.2. The van der Waals surface area contributed by atoms with E-state index in [2.05, 4.69) is 37.3 Å². The molecule has 3 aromatic carbocycles. The van der Waals surface area contributed by atoms with Gasteiger partial charge in [-0.3, -0.25) is 0 Å². The number of rotatable bonds is 12. The van der Waals surface area contributed by atoms with Gasteiger partial charge in [-0.25, -0.2) is 0 Å². The molecule has 164 valence electrons. The van der Waals surface area contributed by atoms with E-state index in [-0.39, 0.29) is 5.56 Å². The number of carboxylic acid groups (broad SMARTS) is 1. The minimum Gasteiger partial charge on any atom is -0.545 e. The highest BCUT2D eigenvalue weighted by Gasteiger charge is 2.09. The number of thioether (sulfide) groups is 1. The maximum atomic E-state index is 11.0. The van der Waals surface area contributed by atoms with Gasteiger partial charge >= 0.3 is 0 Å². The van der Waals surface area contributed by atoms with Crippen molar-refractivity contribution in [2.75, 3.05) is 0 Å². The number of carbonyl (C=O) groups excluding carboxylic acids is 1. The minimum absolute atomic E-state index is 0.201. The first-order chi connectivity index (χ1) is 15.1. The Morgan fingerprint density at radius 1 is 0.935 bits per heavy atom. The normalized spacial score (nSPS) is 12.2. The molecule has 1 atom stereocenters. The Kier molecular flexibility index (Phi) is 8.98. The predicted molar refractivity (Wildman–Crippen MR) is 127 cm³/mol. The van der Waals surface area contributed by atoms with Crippen molar-refractivity contribution in [3.8, 4) is 0 Å². The molecule has 0 amide bonds. The summed E-state index contributed by atoms with van der Waals surface area (Å²) in [4.78, 5) is 12.0. The van der Waals surface area contributed by atoms with Gasteiger partial charge < -0.3 is 15.0 Å². The van der Waals surface area contributed by atoms with E-state index in [1.54, 1.807) is 30.0 Å². The largest absolute Gasteiger partial charge is 0.545 e. The highest BCUT2D eigenvalue weighted by molar-refractivity contribution is 7.98. The molecule has 0 bridgehead atoms. The van der Waals surface area contributed by atoms with Crippen molar-refractivity contribution in [3.05, 3.63) is 77.4 Å². The van der Waals surface area contributed by atoms with Crippen LogP contribution in [-0.2, 0) is 5.75 Å². The average molecular weight is 436 g/mol. The molecule has 4 heteroatoms. The number of unbranched alkanes of at least 4 members (excludes halogenated alkanes) is 5. The van der Waals surface area contributed by atoms with Crippen LogP contribution in [0.5, 0.6) is 0 Å². The van der Waals surface area contributed by atoms with Crippen LogP contribution in [0, 0.1) is 0 Å². The number of hydrogen-bond donors (Lipinski definition) is 1. The third kappa shape index (κ3) is 7.12. The van der Waals surface area contributed by atoms with Crippen molar-refractivity contribution < 1.29 is 15.0 Å². The molecule has 0 saturated heterocycles. The highest BCUT2D eigenvalue weighted by atomic mass is 32.2. The van der Waals surface area contributed by atoms with Crippen LogP contribution in [0.2, 0.25) is 0 Å². The van der Waals surface area contributed by atoms with E-state index in [4.69, 9.17) is 0 Å². The molecule has 1 unspecified atom stereocenters. The van der Waals surface area contributed by atoms with Crippen molar-refractivity contribution in [1.82, 2.24) is 0 Å². The van der Waals surface area contributed by atoms with Crippen LogP contribution in [0.15, 0.2) is 65.6 Å². The van der Waals surface area contributed by atoms with Crippen LogP contribution in [0.3, 0.4) is 0 Å². The quantitative estimate of drug-likeness (QED) is 0.269. The van der Waals surface area contributed by atoms with Gasteiger partial charge in [0.1, 0.15) is 0 Å². The van der Waals surface area contributed by atoms with Crippen molar-refractivity contribution in [1.29, 1.82) is 0 Å². The van der Waals surface area contributed by atoms with Gasteiger partial charge in [0.2, 0.25) is 0 Å². The maximum Gasteiger partial charge on any atom is 0.0790 e. The van der Waals surface area contributed by atoms with Crippen molar-refractivity contribution in [3.63, 3.8) is 0 Å². The van der Waals surface area contributed by atoms with Gasteiger partial charge in [-0.1, -0.05) is 87.9 Å². The Bertz CT molecular complexity index is 999. The van der Waals surface area contributed by atoms with Crippen LogP contribution >= 0.6 is 11.8 Å². The van der Waals surface area contributed by atoms with Gasteiger partial charge in [-0.05, 0) is 52.1 Å². The van der Waals surface area contributed by atoms with Crippen molar-refractivity contribution in [2.24, 2.45) is 0 Å². The Hall–Kier alpha value is -2.30. The van der Waals surface area contributed by atoms with E-state index >= 15 is 0 Å². The Morgan fingerprint density at radius 3 is 2.52 bits per heavy atom. The lowest BCUT2D eigenvalue weighted by atomic mass is 9.98.